The summed E-state index contributed by atoms with van der Waals surface area (Å²) in [5.41, 5.74) is 0.766. The third-order valence-corrected chi connectivity index (χ3v) is 6.04. The van der Waals surface area contributed by atoms with Crippen molar-refractivity contribution < 1.29 is 17.9 Å². The molecule has 0 aliphatic heterocycles. The zero-order valence-corrected chi connectivity index (χ0v) is 15.4. The van der Waals surface area contributed by atoms with Crippen LogP contribution in [0, 0.1) is 0 Å². The fourth-order valence-corrected chi connectivity index (χ4v) is 4.18. The lowest BCUT2D eigenvalue weighted by Gasteiger charge is -2.10. The summed E-state index contributed by atoms with van der Waals surface area (Å²) in [7, 11) is -3.77. The highest BCUT2D eigenvalue weighted by Gasteiger charge is 2.29. The van der Waals surface area contributed by atoms with Gasteiger partial charge in [-0.25, -0.2) is 17.9 Å². The summed E-state index contributed by atoms with van der Waals surface area (Å²) in [5.74, 6) is -0.653. The van der Waals surface area contributed by atoms with Crippen molar-refractivity contribution in [3.63, 3.8) is 0 Å². The van der Waals surface area contributed by atoms with E-state index in [1.807, 2.05) is 0 Å². The number of nitrogens with one attached hydrogen (secondary N) is 1. The molecule has 1 aliphatic rings. The van der Waals surface area contributed by atoms with Gasteiger partial charge in [0.15, 0.2) is 0 Å². The van der Waals surface area contributed by atoms with Crippen LogP contribution in [0.5, 0.6) is 0 Å². The molecule has 1 saturated carbocycles. The van der Waals surface area contributed by atoms with E-state index >= 15 is 0 Å². The number of benzene rings is 2. The number of sulfonamides is 1. The maximum absolute atomic E-state index is 12.3. The van der Waals surface area contributed by atoms with Crippen molar-refractivity contribution in [1.29, 1.82) is 0 Å². The van der Waals surface area contributed by atoms with Crippen LogP contribution in [0.15, 0.2) is 47.4 Å². The fraction of sp³-hybridized carbons (Fsp3) is 0.235. The van der Waals surface area contributed by atoms with Gasteiger partial charge in [0.2, 0.25) is 10.0 Å². The van der Waals surface area contributed by atoms with Crippen LogP contribution in [0.2, 0.25) is 10.0 Å². The summed E-state index contributed by atoms with van der Waals surface area (Å²) < 4.78 is 32.4. The van der Waals surface area contributed by atoms with Crippen LogP contribution in [0.3, 0.4) is 0 Å². The van der Waals surface area contributed by atoms with Crippen LogP contribution in [-0.4, -0.2) is 20.4 Å². The van der Waals surface area contributed by atoms with Gasteiger partial charge in [0.25, 0.3) is 0 Å². The minimum atomic E-state index is -3.77. The van der Waals surface area contributed by atoms with E-state index in [9.17, 15) is 13.2 Å². The molecule has 132 valence electrons. The Labute approximate surface area is 155 Å². The summed E-state index contributed by atoms with van der Waals surface area (Å²) in [5, 5.41) is 0.541. The van der Waals surface area contributed by atoms with Crippen LogP contribution in [-0.2, 0) is 21.4 Å². The predicted molar refractivity (Wildman–Crippen MR) is 95.4 cm³/mol. The number of carbonyl (C=O) groups excluding carboxylic acids is 1. The van der Waals surface area contributed by atoms with Gasteiger partial charge in [-0.05, 0) is 37.1 Å². The third kappa shape index (κ3) is 4.52. The molecule has 0 atom stereocenters. The van der Waals surface area contributed by atoms with Crippen LogP contribution >= 0.6 is 23.2 Å². The van der Waals surface area contributed by atoms with Crippen LogP contribution in [0.4, 0.5) is 0 Å². The van der Waals surface area contributed by atoms with E-state index in [1.54, 1.807) is 24.3 Å². The summed E-state index contributed by atoms with van der Waals surface area (Å²) >= 11 is 12.0. The molecule has 25 heavy (non-hydrogen) atoms. The predicted octanol–water partition coefficient (Wildman–Crippen LogP) is 3.79. The van der Waals surface area contributed by atoms with Gasteiger partial charge in [-0.15, -0.1) is 0 Å². The van der Waals surface area contributed by atoms with Gasteiger partial charge in [-0.2, -0.15) is 0 Å². The number of hydrogen-bond donors (Lipinski definition) is 1. The maximum Gasteiger partial charge on any atom is 0.338 e. The van der Waals surface area contributed by atoms with Gasteiger partial charge in [0.1, 0.15) is 11.5 Å². The molecule has 0 bridgehead atoms. The average Bonchev–Trinajstić information content (AvgIpc) is 3.37. The van der Waals surface area contributed by atoms with E-state index < -0.39 is 16.0 Å². The topological polar surface area (TPSA) is 72.5 Å². The van der Waals surface area contributed by atoms with Crippen molar-refractivity contribution in [3.05, 3.63) is 63.6 Å². The first kappa shape index (κ1) is 18.2. The molecular weight excluding hydrogens is 385 g/mol. The highest BCUT2D eigenvalue weighted by atomic mass is 35.5. The van der Waals surface area contributed by atoms with Gasteiger partial charge in [-0.3, -0.25) is 0 Å². The second kappa shape index (κ2) is 7.33. The van der Waals surface area contributed by atoms with E-state index in [0.29, 0.717) is 10.6 Å². The summed E-state index contributed by atoms with van der Waals surface area (Å²) in [4.78, 5) is 12.1. The molecule has 0 amide bonds. The minimum absolute atomic E-state index is 0.0104. The Bertz CT molecular complexity index is 911. The molecule has 5 nitrogen and oxygen atoms in total. The van der Waals surface area contributed by atoms with E-state index in [0.717, 1.165) is 12.8 Å². The molecule has 0 radical (unpaired) electrons. The zero-order chi connectivity index (χ0) is 18.0. The lowest BCUT2D eigenvalue weighted by Crippen LogP contribution is -2.26. The lowest BCUT2D eigenvalue weighted by molar-refractivity contribution is 0.0472. The number of ether oxygens (including phenoxy) is 1. The van der Waals surface area contributed by atoms with Gasteiger partial charge in [0.05, 0.1) is 10.6 Å². The molecule has 0 spiro atoms. The Morgan fingerprint density at radius 3 is 2.52 bits per heavy atom. The van der Waals surface area contributed by atoms with Crippen molar-refractivity contribution in [2.75, 3.05) is 0 Å². The van der Waals surface area contributed by atoms with Gasteiger partial charge < -0.3 is 4.74 Å². The second-order valence-corrected chi connectivity index (χ2v) is 8.21. The monoisotopic (exact) mass is 399 g/mol. The normalized spacial score (nSPS) is 14.3. The van der Waals surface area contributed by atoms with Crippen molar-refractivity contribution in [3.8, 4) is 0 Å². The molecule has 0 heterocycles. The Morgan fingerprint density at radius 2 is 1.84 bits per heavy atom. The van der Waals surface area contributed by atoms with Gasteiger partial charge in [-0.1, -0.05) is 41.4 Å². The highest BCUT2D eigenvalue weighted by Crippen LogP contribution is 2.27. The van der Waals surface area contributed by atoms with E-state index in [-0.39, 0.29) is 28.1 Å². The Balaban J connectivity index is 1.77. The fourth-order valence-electron chi connectivity index (χ4n) is 2.16. The second-order valence-electron chi connectivity index (χ2n) is 5.71. The minimum Gasteiger partial charge on any atom is -0.457 e. The van der Waals surface area contributed by atoms with E-state index in [1.165, 1.54) is 18.2 Å². The molecule has 0 aromatic heterocycles. The molecule has 1 aliphatic carbocycles. The molecule has 1 N–H and O–H groups in total. The first-order valence-corrected chi connectivity index (χ1v) is 9.83. The van der Waals surface area contributed by atoms with Gasteiger partial charge >= 0.3 is 5.97 Å². The molecule has 2 aromatic rings. The highest BCUT2D eigenvalue weighted by molar-refractivity contribution is 7.89. The lowest BCUT2D eigenvalue weighted by atomic mass is 10.2. The smallest absolute Gasteiger partial charge is 0.338 e. The van der Waals surface area contributed by atoms with Crippen molar-refractivity contribution >= 4 is 39.2 Å². The Hall–Kier alpha value is -1.60. The van der Waals surface area contributed by atoms with Crippen molar-refractivity contribution in [2.24, 2.45) is 0 Å². The number of rotatable bonds is 6. The molecule has 2 aromatic carbocycles. The third-order valence-electron chi connectivity index (χ3n) is 3.67. The SMILES string of the molecule is O=C(OCc1ccccc1Cl)c1ccc(Cl)c(S(=O)(=O)NC2CC2)c1. The van der Waals surface area contributed by atoms with Crippen LogP contribution in [0.1, 0.15) is 28.8 Å². The molecule has 8 heteroatoms. The number of esters is 1. The molecule has 3 rings (SSSR count). The first-order valence-electron chi connectivity index (χ1n) is 7.59. The quantitative estimate of drug-likeness (QED) is 0.749. The number of hydrogen-bond acceptors (Lipinski definition) is 4. The Kier molecular flexibility index (Phi) is 5.34. The zero-order valence-electron chi connectivity index (χ0n) is 13.0. The molecule has 0 saturated heterocycles. The first-order chi connectivity index (χ1) is 11.9. The van der Waals surface area contributed by atoms with Crippen molar-refractivity contribution in [1.82, 2.24) is 4.72 Å². The van der Waals surface area contributed by atoms with Crippen LogP contribution < -0.4 is 4.72 Å². The van der Waals surface area contributed by atoms with E-state index in [4.69, 9.17) is 27.9 Å². The van der Waals surface area contributed by atoms with Gasteiger partial charge in [0, 0.05) is 16.6 Å². The molecular formula is C17H15Cl2NO4S. The van der Waals surface area contributed by atoms with E-state index in [2.05, 4.69) is 4.72 Å². The van der Waals surface area contributed by atoms with Crippen LogP contribution in [0.25, 0.3) is 0 Å². The molecule has 1 fully saturated rings. The Morgan fingerprint density at radius 1 is 1.12 bits per heavy atom. The largest absolute Gasteiger partial charge is 0.457 e. The standard InChI is InChI=1S/C17H15Cl2NO4S/c18-14-4-2-1-3-12(14)10-24-17(21)11-5-8-15(19)16(9-11)25(22,23)20-13-6-7-13/h1-5,8-9,13,20H,6-7,10H2. The maximum atomic E-state index is 12.3. The van der Waals surface area contributed by atoms with Crippen molar-refractivity contribution in [2.45, 2.75) is 30.4 Å². The molecule has 0 unspecified atom stereocenters. The summed E-state index contributed by atoms with van der Waals surface area (Å²) in [6, 6.07) is 11.0. The number of halogens is 2. The number of carbonyl (C=O) groups is 1. The summed E-state index contributed by atoms with van der Waals surface area (Å²) in [6.07, 6.45) is 1.60. The summed E-state index contributed by atoms with van der Waals surface area (Å²) in [6.45, 7) is -0.0104. The average molecular weight is 400 g/mol.